The Labute approximate surface area is 146 Å². The van der Waals surface area contributed by atoms with Crippen molar-refractivity contribution in [3.05, 3.63) is 40.6 Å². The van der Waals surface area contributed by atoms with E-state index in [1.54, 1.807) is 18.4 Å². The minimum atomic E-state index is 0.0122. The van der Waals surface area contributed by atoms with Crippen LogP contribution in [0.1, 0.15) is 37.7 Å². The van der Waals surface area contributed by atoms with Crippen LogP contribution < -0.4 is 14.8 Å². The molecule has 0 aliphatic heterocycles. The van der Waals surface area contributed by atoms with E-state index in [4.69, 9.17) is 9.47 Å². The number of anilines is 1. The van der Waals surface area contributed by atoms with Crippen LogP contribution in [-0.4, -0.2) is 19.1 Å². The van der Waals surface area contributed by atoms with Crippen molar-refractivity contribution in [2.45, 2.75) is 44.6 Å². The van der Waals surface area contributed by atoms with Gasteiger partial charge in [-0.25, -0.2) is 0 Å². The molecule has 0 saturated heterocycles. The number of hydrogen-bond acceptors (Lipinski definition) is 4. The molecule has 1 amide bonds. The largest absolute Gasteiger partial charge is 0.493 e. The van der Waals surface area contributed by atoms with Crippen LogP contribution in [0.3, 0.4) is 0 Å². The molecular formula is C19H23NO3S. The SMILES string of the molecule is COc1ccc(NC(=O)CCc2ccsc2)cc1OC1CCCC1. The molecule has 1 fully saturated rings. The number of methoxy groups -OCH3 is 1. The van der Waals surface area contributed by atoms with Crippen LogP contribution in [0.15, 0.2) is 35.0 Å². The maximum atomic E-state index is 12.1. The zero-order valence-corrected chi connectivity index (χ0v) is 14.7. The van der Waals surface area contributed by atoms with Gasteiger partial charge in [0.05, 0.1) is 13.2 Å². The van der Waals surface area contributed by atoms with Gasteiger partial charge in [0.2, 0.25) is 5.91 Å². The molecule has 0 spiro atoms. The van der Waals surface area contributed by atoms with Crippen LogP contribution in [0, 0.1) is 0 Å². The molecule has 1 aliphatic carbocycles. The van der Waals surface area contributed by atoms with Crippen molar-refractivity contribution in [1.29, 1.82) is 0 Å². The molecule has 2 aromatic rings. The summed E-state index contributed by atoms with van der Waals surface area (Å²) >= 11 is 1.65. The van der Waals surface area contributed by atoms with Gasteiger partial charge in [0.15, 0.2) is 11.5 Å². The van der Waals surface area contributed by atoms with Crippen LogP contribution in [0.2, 0.25) is 0 Å². The number of amides is 1. The lowest BCUT2D eigenvalue weighted by atomic mass is 10.2. The molecule has 0 radical (unpaired) electrons. The van der Waals surface area contributed by atoms with Gasteiger partial charge in [0.1, 0.15) is 0 Å². The summed E-state index contributed by atoms with van der Waals surface area (Å²) in [5.41, 5.74) is 1.95. The van der Waals surface area contributed by atoms with Crippen molar-refractivity contribution in [2.75, 3.05) is 12.4 Å². The number of ether oxygens (including phenoxy) is 2. The highest BCUT2D eigenvalue weighted by Gasteiger charge is 2.19. The van der Waals surface area contributed by atoms with Crippen molar-refractivity contribution in [3.8, 4) is 11.5 Å². The second-order valence-electron chi connectivity index (χ2n) is 6.07. The van der Waals surface area contributed by atoms with Crippen molar-refractivity contribution < 1.29 is 14.3 Å². The highest BCUT2D eigenvalue weighted by molar-refractivity contribution is 7.07. The van der Waals surface area contributed by atoms with Gasteiger partial charge in [-0.3, -0.25) is 4.79 Å². The van der Waals surface area contributed by atoms with Gasteiger partial charge in [0, 0.05) is 18.2 Å². The van der Waals surface area contributed by atoms with Crippen molar-refractivity contribution >= 4 is 22.9 Å². The Morgan fingerprint density at radius 1 is 1.25 bits per heavy atom. The van der Waals surface area contributed by atoms with Gasteiger partial charge in [-0.05, 0) is 66.6 Å². The van der Waals surface area contributed by atoms with Gasteiger partial charge in [-0.2, -0.15) is 11.3 Å². The summed E-state index contributed by atoms with van der Waals surface area (Å²) in [6, 6.07) is 7.61. The first-order chi connectivity index (χ1) is 11.7. The molecule has 1 heterocycles. The van der Waals surface area contributed by atoms with E-state index in [9.17, 15) is 4.79 Å². The third-order valence-electron chi connectivity index (χ3n) is 4.26. The van der Waals surface area contributed by atoms with Crippen LogP contribution in [0.4, 0.5) is 5.69 Å². The van der Waals surface area contributed by atoms with E-state index in [1.807, 2.05) is 23.6 Å². The van der Waals surface area contributed by atoms with Gasteiger partial charge in [-0.1, -0.05) is 0 Å². The van der Waals surface area contributed by atoms with Crippen LogP contribution in [-0.2, 0) is 11.2 Å². The highest BCUT2D eigenvalue weighted by Crippen LogP contribution is 2.34. The molecule has 1 aliphatic rings. The summed E-state index contributed by atoms with van der Waals surface area (Å²) < 4.78 is 11.4. The van der Waals surface area contributed by atoms with Crippen LogP contribution in [0.25, 0.3) is 0 Å². The Bertz CT molecular complexity index is 663. The molecule has 0 unspecified atom stereocenters. The second kappa shape index (κ2) is 8.20. The lowest BCUT2D eigenvalue weighted by Gasteiger charge is -2.17. The fourth-order valence-corrected chi connectivity index (χ4v) is 3.65. The summed E-state index contributed by atoms with van der Waals surface area (Å²) in [6.07, 6.45) is 6.08. The van der Waals surface area contributed by atoms with Crippen molar-refractivity contribution in [2.24, 2.45) is 0 Å². The summed E-state index contributed by atoms with van der Waals surface area (Å²) in [5.74, 6) is 1.43. The smallest absolute Gasteiger partial charge is 0.224 e. The number of nitrogens with one attached hydrogen (secondary N) is 1. The first-order valence-corrected chi connectivity index (χ1v) is 9.34. The lowest BCUT2D eigenvalue weighted by Crippen LogP contribution is -2.14. The molecule has 3 rings (SSSR count). The molecule has 1 aromatic heterocycles. The van der Waals surface area contributed by atoms with Gasteiger partial charge in [0.25, 0.3) is 0 Å². The standard InChI is InChI=1S/C19H23NO3S/c1-22-17-8-7-15(12-18(17)23-16-4-2-3-5-16)20-19(21)9-6-14-10-11-24-13-14/h7-8,10-13,16H,2-6,9H2,1H3,(H,20,21). The minimum absolute atomic E-state index is 0.0122. The summed E-state index contributed by atoms with van der Waals surface area (Å²) in [6.45, 7) is 0. The van der Waals surface area contributed by atoms with Gasteiger partial charge in [-0.15, -0.1) is 0 Å². The third kappa shape index (κ3) is 4.51. The number of benzene rings is 1. The number of thiophene rings is 1. The summed E-state index contributed by atoms with van der Waals surface area (Å²) in [5, 5.41) is 7.06. The zero-order valence-electron chi connectivity index (χ0n) is 13.9. The quantitative estimate of drug-likeness (QED) is 0.794. The summed E-state index contributed by atoms with van der Waals surface area (Å²) in [7, 11) is 1.63. The topological polar surface area (TPSA) is 47.6 Å². The van der Waals surface area contributed by atoms with E-state index in [2.05, 4.69) is 16.8 Å². The maximum absolute atomic E-state index is 12.1. The third-order valence-corrected chi connectivity index (χ3v) is 5.00. The molecule has 1 saturated carbocycles. The molecule has 5 heteroatoms. The molecule has 128 valence electrons. The number of carbonyl (C=O) groups is 1. The molecule has 0 bridgehead atoms. The van der Waals surface area contributed by atoms with E-state index < -0.39 is 0 Å². The number of carbonyl (C=O) groups excluding carboxylic acids is 1. The Hall–Kier alpha value is -2.01. The Morgan fingerprint density at radius 2 is 2.08 bits per heavy atom. The fourth-order valence-electron chi connectivity index (χ4n) is 2.95. The lowest BCUT2D eigenvalue weighted by molar-refractivity contribution is -0.116. The molecule has 1 N–H and O–H groups in total. The predicted octanol–water partition coefficient (Wildman–Crippen LogP) is 4.65. The number of rotatable bonds is 7. The highest BCUT2D eigenvalue weighted by atomic mass is 32.1. The Balaban J connectivity index is 1.60. The van der Waals surface area contributed by atoms with E-state index in [0.29, 0.717) is 17.9 Å². The zero-order chi connectivity index (χ0) is 16.8. The van der Waals surface area contributed by atoms with Crippen LogP contribution in [0.5, 0.6) is 11.5 Å². The molecular weight excluding hydrogens is 322 g/mol. The maximum Gasteiger partial charge on any atom is 0.224 e. The normalized spacial score (nSPS) is 14.5. The first kappa shape index (κ1) is 16.8. The molecule has 0 atom stereocenters. The predicted molar refractivity (Wildman–Crippen MR) is 97.1 cm³/mol. The first-order valence-electron chi connectivity index (χ1n) is 8.40. The average Bonchev–Trinajstić information content (AvgIpc) is 3.27. The monoisotopic (exact) mass is 345 g/mol. The second-order valence-corrected chi connectivity index (χ2v) is 6.85. The van der Waals surface area contributed by atoms with Gasteiger partial charge < -0.3 is 14.8 Å². The van der Waals surface area contributed by atoms with E-state index in [-0.39, 0.29) is 12.0 Å². The fraction of sp³-hybridized carbons (Fsp3) is 0.421. The van der Waals surface area contributed by atoms with Gasteiger partial charge >= 0.3 is 0 Å². The Kier molecular flexibility index (Phi) is 5.75. The number of aryl methyl sites for hydroxylation is 1. The molecule has 4 nitrogen and oxygen atoms in total. The Morgan fingerprint density at radius 3 is 2.79 bits per heavy atom. The average molecular weight is 345 g/mol. The van der Waals surface area contributed by atoms with E-state index >= 15 is 0 Å². The molecule has 24 heavy (non-hydrogen) atoms. The van der Waals surface area contributed by atoms with Crippen LogP contribution >= 0.6 is 11.3 Å². The van der Waals surface area contributed by atoms with Crippen molar-refractivity contribution in [1.82, 2.24) is 0 Å². The van der Waals surface area contributed by atoms with E-state index in [1.165, 1.54) is 18.4 Å². The van der Waals surface area contributed by atoms with Crippen molar-refractivity contribution in [3.63, 3.8) is 0 Å². The van der Waals surface area contributed by atoms with E-state index in [0.717, 1.165) is 24.9 Å². The molecule has 1 aromatic carbocycles. The number of hydrogen-bond donors (Lipinski definition) is 1. The minimum Gasteiger partial charge on any atom is -0.493 e. The summed E-state index contributed by atoms with van der Waals surface area (Å²) in [4.78, 5) is 12.1.